The number of carboxylic acid groups (broad SMARTS) is 1. The number of carbonyl (C=O) groups is 2. The molecule has 0 spiro atoms. The van der Waals surface area contributed by atoms with Gasteiger partial charge in [-0.15, -0.1) is 0 Å². The number of amides is 1. The minimum Gasteiger partial charge on any atom is -0.481 e. The number of pyridine rings is 1. The van der Waals surface area contributed by atoms with Crippen LogP contribution in [0.15, 0.2) is 12.1 Å². The highest BCUT2D eigenvalue weighted by molar-refractivity contribution is 6.34. The fraction of sp³-hybridized carbons (Fsp3) is 0.417. The minimum absolute atomic E-state index is 0.0187. The zero-order valence-electron chi connectivity index (χ0n) is 9.90. The Labute approximate surface area is 119 Å². The first kappa shape index (κ1) is 14.1. The molecule has 1 saturated carbocycles. The molecule has 1 aliphatic carbocycles. The predicted molar refractivity (Wildman–Crippen MR) is 70.5 cm³/mol. The fourth-order valence-corrected chi connectivity index (χ4v) is 2.58. The van der Waals surface area contributed by atoms with E-state index in [4.69, 9.17) is 28.3 Å². The molecule has 0 aliphatic heterocycles. The van der Waals surface area contributed by atoms with Gasteiger partial charge in [-0.1, -0.05) is 29.6 Å². The summed E-state index contributed by atoms with van der Waals surface area (Å²) in [6, 6.07) is 2.58. The second kappa shape index (κ2) is 5.75. The van der Waals surface area contributed by atoms with Gasteiger partial charge in [0.2, 0.25) is 0 Å². The van der Waals surface area contributed by atoms with E-state index in [-0.39, 0.29) is 21.9 Å². The number of aliphatic carboxylic acids is 1. The van der Waals surface area contributed by atoms with Crippen molar-refractivity contribution in [3.63, 3.8) is 0 Å². The Morgan fingerprint density at radius 1 is 1.32 bits per heavy atom. The predicted octanol–water partition coefficient (Wildman–Crippen LogP) is 2.37. The lowest BCUT2D eigenvalue weighted by atomic mass is 10.0. The average Bonchev–Trinajstić information content (AvgIpc) is 2.80. The maximum atomic E-state index is 12.0. The lowest BCUT2D eigenvalue weighted by Crippen LogP contribution is -2.40. The van der Waals surface area contributed by atoms with Crippen molar-refractivity contribution in [1.29, 1.82) is 0 Å². The van der Waals surface area contributed by atoms with Crippen LogP contribution < -0.4 is 5.32 Å². The van der Waals surface area contributed by atoms with E-state index < -0.39 is 17.8 Å². The van der Waals surface area contributed by atoms with Crippen LogP contribution in [0.4, 0.5) is 0 Å². The Morgan fingerprint density at radius 2 is 2.05 bits per heavy atom. The van der Waals surface area contributed by atoms with Gasteiger partial charge in [-0.2, -0.15) is 0 Å². The Bertz CT molecular complexity index is 522. The largest absolute Gasteiger partial charge is 0.481 e. The number of halogens is 2. The monoisotopic (exact) mass is 302 g/mol. The van der Waals surface area contributed by atoms with Gasteiger partial charge < -0.3 is 10.4 Å². The summed E-state index contributed by atoms with van der Waals surface area (Å²) in [5, 5.41) is 12.1. The Balaban J connectivity index is 2.12. The Kier molecular flexibility index (Phi) is 4.27. The molecule has 2 unspecified atom stereocenters. The van der Waals surface area contributed by atoms with E-state index >= 15 is 0 Å². The van der Waals surface area contributed by atoms with Gasteiger partial charge in [0.15, 0.2) is 0 Å². The zero-order chi connectivity index (χ0) is 14.0. The third-order valence-corrected chi connectivity index (χ3v) is 3.69. The molecule has 1 heterocycles. The normalized spacial score (nSPS) is 22.2. The summed E-state index contributed by atoms with van der Waals surface area (Å²) >= 11 is 11.6. The highest BCUT2D eigenvalue weighted by Gasteiger charge is 2.34. The van der Waals surface area contributed by atoms with E-state index in [9.17, 15) is 9.59 Å². The van der Waals surface area contributed by atoms with Crippen LogP contribution in [-0.2, 0) is 4.79 Å². The van der Waals surface area contributed by atoms with Crippen molar-refractivity contribution in [3.05, 3.63) is 28.0 Å². The molecule has 102 valence electrons. The summed E-state index contributed by atoms with van der Waals surface area (Å²) in [5.41, 5.74) is 0.0187. The molecule has 0 radical (unpaired) electrons. The first-order valence-corrected chi connectivity index (χ1v) is 6.60. The second-order valence-corrected chi connectivity index (χ2v) is 5.21. The van der Waals surface area contributed by atoms with Crippen molar-refractivity contribution in [2.75, 3.05) is 0 Å². The van der Waals surface area contributed by atoms with E-state index in [0.29, 0.717) is 12.8 Å². The van der Waals surface area contributed by atoms with Gasteiger partial charge in [0.1, 0.15) is 10.8 Å². The van der Waals surface area contributed by atoms with Crippen LogP contribution in [0.2, 0.25) is 10.2 Å². The molecule has 1 aromatic rings. The third-order valence-electron chi connectivity index (χ3n) is 3.18. The fourth-order valence-electron chi connectivity index (χ4n) is 2.24. The number of nitrogens with one attached hydrogen (secondary N) is 1. The molecule has 0 aromatic carbocycles. The Morgan fingerprint density at radius 3 is 2.74 bits per heavy atom. The molecule has 2 rings (SSSR count). The van der Waals surface area contributed by atoms with Gasteiger partial charge in [-0.05, 0) is 25.0 Å². The minimum atomic E-state index is -0.895. The highest BCUT2D eigenvalue weighted by Crippen LogP contribution is 2.26. The summed E-state index contributed by atoms with van der Waals surface area (Å²) in [6.45, 7) is 0. The second-order valence-electron chi connectivity index (χ2n) is 4.42. The standard InChI is InChI=1S/C12H12Cl2N2O3/c13-7-4-5-9(14)16-10(7)11(17)15-8-3-1-2-6(8)12(18)19/h4-6,8H,1-3H2,(H,15,17)(H,18,19). The van der Waals surface area contributed by atoms with Crippen LogP contribution >= 0.6 is 23.2 Å². The van der Waals surface area contributed by atoms with Crippen molar-refractivity contribution < 1.29 is 14.7 Å². The smallest absolute Gasteiger partial charge is 0.308 e. The molecule has 2 atom stereocenters. The molecule has 0 saturated heterocycles. The maximum Gasteiger partial charge on any atom is 0.308 e. The van der Waals surface area contributed by atoms with Gasteiger partial charge in [0.25, 0.3) is 5.91 Å². The number of carboxylic acids is 1. The van der Waals surface area contributed by atoms with Crippen molar-refractivity contribution in [3.8, 4) is 0 Å². The summed E-state index contributed by atoms with van der Waals surface area (Å²) in [5.74, 6) is -1.94. The first-order valence-electron chi connectivity index (χ1n) is 5.84. The van der Waals surface area contributed by atoms with Crippen LogP contribution in [0.5, 0.6) is 0 Å². The number of aromatic nitrogens is 1. The molecule has 1 aliphatic rings. The van der Waals surface area contributed by atoms with E-state index in [2.05, 4.69) is 10.3 Å². The van der Waals surface area contributed by atoms with Gasteiger partial charge in [0.05, 0.1) is 10.9 Å². The molecular formula is C12H12Cl2N2O3. The van der Waals surface area contributed by atoms with Crippen LogP contribution in [0.3, 0.4) is 0 Å². The molecule has 1 amide bonds. The van der Waals surface area contributed by atoms with Gasteiger partial charge in [-0.25, -0.2) is 4.98 Å². The van der Waals surface area contributed by atoms with E-state index in [1.54, 1.807) is 0 Å². The zero-order valence-corrected chi connectivity index (χ0v) is 11.4. The number of rotatable bonds is 3. The molecule has 19 heavy (non-hydrogen) atoms. The maximum absolute atomic E-state index is 12.0. The average molecular weight is 303 g/mol. The van der Waals surface area contributed by atoms with E-state index in [0.717, 1.165) is 6.42 Å². The molecule has 5 nitrogen and oxygen atoms in total. The molecule has 0 bridgehead atoms. The SMILES string of the molecule is O=C(NC1CCCC1C(=O)O)c1nc(Cl)ccc1Cl. The van der Waals surface area contributed by atoms with Crippen molar-refractivity contribution in [2.24, 2.45) is 5.92 Å². The first-order chi connectivity index (χ1) is 8.99. The number of hydrogen-bond acceptors (Lipinski definition) is 3. The van der Waals surface area contributed by atoms with Gasteiger partial charge >= 0.3 is 5.97 Å². The molecule has 7 heteroatoms. The lowest BCUT2D eigenvalue weighted by Gasteiger charge is -2.17. The topological polar surface area (TPSA) is 79.3 Å². The van der Waals surface area contributed by atoms with Crippen LogP contribution in [0.25, 0.3) is 0 Å². The van der Waals surface area contributed by atoms with E-state index in [1.807, 2.05) is 0 Å². The number of carbonyl (C=O) groups excluding carboxylic acids is 1. The van der Waals surface area contributed by atoms with Gasteiger partial charge in [-0.3, -0.25) is 9.59 Å². The molecular weight excluding hydrogens is 291 g/mol. The van der Waals surface area contributed by atoms with Crippen LogP contribution in [0.1, 0.15) is 29.8 Å². The Hall–Kier alpha value is -1.33. The van der Waals surface area contributed by atoms with Crippen LogP contribution in [-0.4, -0.2) is 28.0 Å². The van der Waals surface area contributed by atoms with Crippen molar-refractivity contribution in [2.45, 2.75) is 25.3 Å². The lowest BCUT2D eigenvalue weighted by molar-refractivity contribution is -0.142. The van der Waals surface area contributed by atoms with E-state index in [1.165, 1.54) is 12.1 Å². The summed E-state index contributed by atoms with van der Waals surface area (Å²) in [7, 11) is 0. The molecule has 2 N–H and O–H groups in total. The number of nitrogens with zero attached hydrogens (tertiary/aromatic N) is 1. The van der Waals surface area contributed by atoms with Crippen molar-refractivity contribution >= 4 is 35.1 Å². The molecule has 1 aromatic heterocycles. The molecule has 1 fully saturated rings. The quantitative estimate of drug-likeness (QED) is 0.840. The van der Waals surface area contributed by atoms with Crippen molar-refractivity contribution in [1.82, 2.24) is 10.3 Å². The summed E-state index contributed by atoms with van der Waals surface area (Å²) in [6.07, 6.45) is 1.98. The number of hydrogen-bond donors (Lipinski definition) is 2. The summed E-state index contributed by atoms with van der Waals surface area (Å²) in [4.78, 5) is 26.9. The van der Waals surface area contributed by atoms with Crippen LogP contribution in [0, 0.1) is 5.92 Å². The highest BCUT2D eigenvalue weighted by atomic mass is 35.5. The third kappa shape index (κ3) is 3.16. The summed E-state index contributed by atoms with van der Waals surface area (Å²) < 4.78 is 0. The van der Waals surface area contributed by atoms with Gasteiger partial charge in [0, 0.05) is 6.04 Å².